The van der Waals surface area contributed by atoms with Crippen LogP contribution in [-0.4, -0.2) is 35.1 Å². The summed E-state index contributed by atoms with van der Waals surface area (Å²) >= 11 is 0. The third kappa shape index (κ3) is 3.01. The monoisotopic (exact) mass is 156 g/mol. The van der Waals surface area contributed by atoms with E-state index in [1.807, 2.05) is 6.07 Å². The van der Waals surface area contributed by atoms with Gasteiger partial charge in [-0.05, 0) is 13.8 Å². The molecule has 0 aliphatic carbocycles. The van der Waals surface area contributed by atoms with Gasteiger partial charge in [-0.15, -0.1) is 0 Å². The van der Waals surface area contributed by atoms with Crippen LogP contribution in [0.3, 0.4) is 0 Å². The lowest BCUT2D eigenvalue weighted by molar-refractivity contribution is -0.138. The number of hydrogen-bond donors (Lipinski definition) is 1. The molecule has 0 spiro atoms. The molecule has 0 fully saturated rings. The number of amides is 1. The summed E-state index contributed by atoms with van der Waals surface area (Å²) in [5.41, 5.74) is 0. The summed E-state index contributed by atoms with van der Waals surface area (Å²) in [6, 6.07) is 1.85. The predicted molar refractivity (Wildman–Crippen MR) is 39.5 cm³/mol. The first-order valence-corrected chi connectivity index (χ1v) is 3.47. The number of carbonyl (C=O) groups is 1. The Labute approximate surface area is 66.0 Å². The first-order valence-electron chi connectivity index (χ1n) is 3.47. The fraction of sp³-hybridized carbons (Fsp3) is 0.714. The van der Waals surface area contributed by atoms with Crippen LogP contribution < -0.4 is 0 Å². The Morgan fingerprint density at radius 2 is 2.36 bits per heavy atom. The second kappa shape index (κ2) is 4.69. The number of carbonyl (C=O) groups excluding carboxylic acids is 1. The van der Waals surface area contributed by atoms with E-state index in [1.54, 1.807) is 6.92 Å². The van der Waals surface area contributed by atoms with E-state index in [0.717, 1.165) is 0 Å². The molecule has 0 unspecified atom stereocenters. The highest BCUT2D eigenvalue weighted by atomic mass is 16.3. The van der Waals surface area contributed by atoms with Gasteiger partial charge in [0.1, 0.15) is 12.6 Å². The lowest BCUT2D eigenvalue weighted by Gasteiger charge is -2.18. The zero-order valence-corrected chi connectivity index (χ0v) is 6.74. The van der Waals surface area contributed by atoms with Gasteiger partial charge in [0.25, 0.3) is 5.91 Å². The van der Waals surface area contributed by atoms with Gasteiger partial charge in [0.15, 0.2) is 0 Å². The van der Waals surface area contributed by atoms with E-state index >= 15 is 0 Å². The number of rotatable bonds is 3. The number of nitrogens with zero attached hydrogens (tertiary/aromatic N) is 2. The molecule has 62 valence electrons. The van der Waals surface area contributed by atoms with Crippen LogP contribution in [0.15, 0.2) is 0 Å². The van der Waals surface area contributed by atoms with Crippen molar-refractivity contribution in [2.24, 2.45) is 0 Å². The van der Waals surface area contributed by atoms with Crippen LogP contribution in [0.25, 0.3) is 0 Å². The van der Waals surface area contributed by atoms with Gasteiger partial charge < -0.3 is 10.0 Å². The Hall–Kier alpha value is -1.08. The summed E-state index contributed by atoms with van der Waals surface area (Å²) < 4.78 is 0. The number of aliphatic hydroxyl groups excluding tert-OH is 1. The van der Waals surface area contributed by atoms with E-state index in [2.05, 4.69) is 0 Å². The van der Waals surface area contributed by atoms with Gasteiger partial charge in [0.05, 0.1) is 6.07 Å². The van der Waals surface area contributed by atoms with Crippen molar-refractivity contribution in [3.63, 3.8) is 0 Å². The van der Waals surface area contributed by atoms with E-state index in [-0.39, 0.29) is 6.54 Å². The predicted octanol–water partition coefficient (Wildman–Crippen LogP) is -0.261. The molecule has 1 N–H and O–H groups in total. The molecule has 0 heterocycles. The van der Waals surface area contributed by atoms with Gasteiger partial charge in [-0.25, -0.2) is 0 Å². The second-order valence-electron chi connectivity index (χ2n) is 2.19. The first-order chi connectivity index (χ1) is 5.13. The number of nitriles is 1. The van der Waals surface area contributed by atoms with Crippen LogP contribution in [0.2, 0.25) is 0 Å². The second-order valence-corrected chi connectivity index (χ2v) is 2.19. The molecule has 0 aliphatic heterocycles. The number of hydrogen-bond acceptors (Lipinski definition) is 3. The first kappa shape index (κ1) is 9.92. The normalized spacial score (nSPS) is 11.8. The highest BCUT2D eigenvalue weighted by Crippen LogP contribution is 1.92. The smallest absolute Gasteiger partial charge is 0.251 e. The fourth-order valence-corrected chi connectivity index (χ4v) is 0.695. The maximum atomic E-state index is 11.0. The summed E-state index contributed by atoms with van der Waals surface area (Å²) in [4.78, 5) is 12.3. The molecule has 0 bridgehead atoms. The molecule has 4 nitrogen and oxygen atoms in total. The fourth-order valence-electron chi connectivity index (χ4n) is 0.695. The number of likely N-dealkylation sites (N-methyl/N-ethyl adjacent to an activating group) is 1. The van der Waals surface area contributed by atoms with Crippen LogP contribution in [-0.2, 0) is 4.79 Å². The topological polar surface area (TPSA) is 64.3 Å². The van der Waals surface area contributed by atoms with Crippen molar-refractivity contribution >= 4 is 5.91 Å². The Bertz CT molecular complexity index is 172. The summed E-state index contributed by atoms with van der Waals surface area (Å²) in [5.74, 6) is -0.394. The Kier molecular flexibility index (Phi) is 4.23. The molecule has 0 rings (SSSR count). The molecule has 0 aromatic carbocycles. The maximum Gasteiger partial charge on any atom is 0.251 e. The number of aliphatic hydroxyl groups is 1. The molecule has 0 aromatic rings. The van der Waals surface area contributed by atoms with E-state index in [4.69, 9.17) is 10.4 Å². The third-order valence-electron chi connectivity index (χ3n) is 1.31. The van der Waals surface area contributed by atoms with Crippen LogP contribution in [0.4, 0.5) is 0 Å². The van der Waals surface area contributed by atoms with E-state index in [1.165, 1.54) is 11.8 Å². The zero-order valence-electron chi connectivity index (χ0n) is 6.74. The van der Waals surface area contributed by atoms with Crippen LogP contribution in [0, 0.1) is 11.3 Å². The minimum Gasteiger partial charge on any atom is -0.384 e. The van der Waals surface area contributed by atoms with Crippen LogP contribution >= 0.6 is 0 Å². The molecule has 0 aromatic heterocycles. The van der Waals surface area contributed by atoms with Gasteiger partial charge in [-0.1, -0.05) is 0 Å². The van der Waals surface area contributed by atoms with Gasteiger partial charge >= 0.3 is 0 Å². The summed E-state index contributed by atoms with van der Waals surface area (Å²) in [5, 5.41) is 17.1. The summed E-state index contributed by atoms with van der Waals surface area (Å²) in [6.45, 7) is 3.65. The van der Waals surface area contributed by atoms with Crippen molar-refractivity contribution in [3.05, 3.63) is 0 Å². The summed E-state index contributed by atoms with van der Waals surface area (Å²) in [6.07, 6.45) is -1.01. The lowest BCUT2D eigenvalue weighted by Crippen LogP contribution is -2.37. The highest BCUT2D eigenvalue weighted by molar-refractivity contribution is 5.80. The SMILES string of the molecule is CCN(CC#N)C(=O)[C@H](C)O. The van der Waals surface area contributed by atoms with Crippen LogP contribution in [0.1, 0.15) is 13.8 Å². The van der Waals surface area contributed by atoms with Gasteiger partial charge in [0.2, 0.25) is 0 Å². The van der Waals surface area contributed by atoms with Crippen molar-refractivity contribution in [3.8, 4) is 6.07 Å². The van der Waals surface area contributed by atoms with Gasteiger partial charge in [-0.2, -0.15) is 5.26 Å². The molecule has 1 atom stereocenters. The molecular weight excluding hydrogens is 144 g/mol. The van der Waals surface area contributed by atoms with Crippen molar-refractivity contribution in [1.82, 2.24) is 4.90 Å². The molecular formula is C7H12N2O2. The standard InChI is InChI=1S/C7H12N2O2/c1-3-9(5-4-8)7(11)6(2)10/h6,10H,3,5H2,1-2H3/t6-/m0/s1. The molecule has 0 aliphatic rings. The van der Waals surface area contributed by atoms with Crippen molar-refractivity contribution in [2.45, 2.75) is 20.0 Å². The minimum atomic E-state index is -1.01. The van der Waals surface area contributed by atoms with Crippen molar-refractivity contribution in [2.75, 3.05) is 13.1 Å². The molecule has 0 saturated heterocycles. The largest absolute Gasteiger partial charge is 0.384 e. The minimum absolute atomic E-state index is 0.0419. The third-order valence-corrected chi connectivity index (χ3v) is 1.31. The van der Waals surface area contributed by atoms with E-state index in [0.29, 0.717) is 6.54 Å². The van der Waals surface area contributed by atoms with E-state index < -0.39 is 12.0 Å². The average molecular weight is 156 g/mol. The van der Waals surface area contributed by atoms with Gasteiger partial charge in [-0.3, -0.25) is 4.79 Å². The van der Waals surface area contributed by atoms with Gasteiger partial charge in [0, 0.05) is 6.54 Å². The Morgan fingerprint density at radius 3 is 2.64 bits per heavy atom. The van der Waals surface area contributed by atoms with E-state index in [9.17, 15) is 4.79 Å². The van der Waals surface area contributed by atoms with Crippen LogP contribution in [0.5, 0.6) is 0 Å². The molecule has 0 radical (unpaired) electrons. The quantitative estimate of drug-likeness (QED) is 0.572. The molecule has 0 saturated carbocycles. The molecule has 1 amide bonds. The Morgan fingerprint density at radius 1 is 1.82 bits per heavy atom. The zero-order chi connectivity index (χ0) is 8.85. The summed E-state index contributed by atoms with van der Waals surface area (Å²) in [7, 11) is 0. The lowest BCUT2D eigenvalue weighted by atomic mass is 10.3. The molecule has 11 heavy (non-hydrogen) atoms. The molecule has 4 heteroatoms. The maximum absolute atomic E-state index is 11.0. The van der Waals surface area contributed by atoms with Crippen molar-refractivity contribution < 1.29 is 9.90 Å². The average Bonchev–Trinajstić information content (AvgIpc) is 1.98. The Balaban J connectivity index is 4.05. The highest BCUT2D eigenvalue weighted by Gasteiger charge is 2.15. The van der Waals surface area contributed by atoms with Crippen molar-refractivity contribution in [1.29, 1.82) is 5.26 Å².